The van der Waals surface area contributed by atoms with Crippen LogP contribution in [0.3, 0.4) is 0 Å². The van der Waals surface area contributed by atoms with Crippen LogP contribution in [-0.2, 0) is 24.3 Å². The van der Waals surface area contributed by atoms with Crippen molar-refractivity contribution in [1.29, 1.82) is 5.53 Å². The van der Waals surface area contributed by atoms with Crippen molar-refractivity contribution in [2.45, 2.75) is 38.3 Å². The first-order chi connectivity index (χ1) is 15.2. The van der Waals surface area contributed by atoms with Gasteiger partial charge in [0.15, 0.2) is 5.70 Å². The highest BCUT2D eigenvalue weighted by Gasteiger charge is 2.23. The fourth-order valence-corrected chi connectivity index (χ4v) is 3.81. The molecule has 1 aliphatic carbocycles. The minimum Gasteiger partial charge on any atom is -0.383 e. The first kappa shape index (κ1) is 19.2. The van der Waals surface area contributed by atoms with Gasteiger partial charge in [0.2, 0.25) is 0 Å². The standard InChI is InChI=1S/C22H24N8O/c23-29-20(22(31)27-9-17-7-15-5-6-25-19(15)11-26-17)10-24-8-18-13-30-12-16(14-1-2-14)3-4-21(30)28-18/h3-4,7,10-14,23-25H,1-2,5-6,8-9H2,(H,27,31)/b20-10-,29-23?. The molecule has 0 aromatic carbocycles. The molecule has 5 rings (SSSR count). The molecule has 1 saturated carbocycles. The molecule has 3 aromatic heterocycles. The molecule has 4 N–H and O–H groups in total. The van der Waals surface area contributed by atoms with Crippen LogP contribution in [0.5, 0.6) is 0 Å². The lowest BCUT2D eigenvalue weighted by molar-refractivity contribution is -0.117. The molecule has 3 aromatic rings. The van der Waals surface area contributed by atoms with Crippen molar-refractivity contribution in [3.8, 4) is 0 Å². The summed E-state index contributed by atoms with van der Waals surface area (Å²) in [4.78, 5) is 21.3. The highest BCUT2D eigenvalue weighted by molar-refractivity contribution is 5.92. The third kappa shape index (κ3) is 4.25. The molecule has 1 amide bonds. The number of hydrogen-bond acceptors (Lipinski definition) is 7. The van der Waals surface area contributed by atoms with Crippen LogP contribution in [0.25, 0.3) is 5.65 Å². The molecule has 0 radical (unpaired) electrons. The fraction of sp³-hybridized carbons (Fsp3) is 0.318. The molecule has 1 aliphatic heterocycles. The third-order valence-electron chi connectivity index (χ3n) is 5.63. The SMILES string of the molecule is N=N/C(=C\NCc1cn2cc(C3CC3)ccc2n1)C(=O)NCc1cc2c(cn1)NCC2. The van der Waals surface area contributed by atoms with Crippen LogP contribution >= 0.6 is 0 Å². The van der Waals surface area contributed by atoms with Gasteiger partial charge in [0, 0.05) is 25.1 Å². The lowest BCUT2D eigenvalue weighted by Gasteiger charge is -2.06. The van der Waals surface area contributed by atoms with Crippen LogP contribution in [-0.4, -0.2) is 26.8 Å². The van der Waals surface area contributed by atoms with E-state index in [4.69, 9.17) is 5.53 Å². The van der Waals surface area contributed by atoms with Gasteiger partial charge in [-0.25, -0.2) is 10.5 Å². The molecule has 2 aliphatic rings. The van der Waals surface area contributed by atoms with E-state index in [9.17, 15) is 4.79 Å². The van der Waals surface area contributed by atoms with Gasteiger partial charge >= 0.3 is 0 Å². The van der Waals surface area contributed by atoms with E-state index >= 15 is 0 Å². The summed E-state index contributed by atoms with van der Waals surface area (Å²) in [6, 6.07) is 6.17. The number of carbonyl (C=O) groups is 1. The zero-order valence-corrected chi connectivity index (χ0v) is 17.1. The van der Waals surface area contributed by atoms with Gasteiger partial charge < -0.3 is 20.4 Å². The summed E-state index contributed by atoms with van der Waals surface area (Å²) in [5.74, 6) is 0.270. The number of amides is 1. The molecule has 0 saturated heterocycles. The van der Waals surface area contributed by atoms with Crippen LogP contribution in [0, 0.1) is 5.53 Å². The van der Waals surface area contributed by atoms with Crippen LogP contribution in [0.4, 0.5) is 5.69 Å². The van der Waals surface area contributed by atoms with Crippen LogP contribution in [0.1, 0.15) is 41.3 Å². The number of imidazole rings is 1. The van der Waals surface area contributed by atoms with Gasteiger partial charge in [-0.05, 0) is 48.4 Å². The Morgan fingerprint density at radius 3 is 3.03 bits per heavy atom. The van der Waals surface area contributed by atoms with Gasteiger partial charge in [0.1, 0.15) is 5.65 Å². The molecule has 0 spiro atoms. The Hall–Kier alpha value is -3.75. The molecule has 1 fully saturated rings. The van der Waals surface area contributed by atoms with Crippen molar-refractivity contribution >= 4 is 17.2 Å². The van der Waals surface area contributed by atoms with Gasteiger partial charge in [-0.2, -0.15) is 5.11 Å². The topological polar surface area (TPSA) is 120 Å². The maximum Gasteiger partial charge on any atom is 0.273 e. The molecule has 9 heteroatoms. The van der Waals surface area contributed by atoms with E-state index in [1.807, 2.05) is 22.7 Å². The number of aromatic nitrogens is 3. The van der Waals surface area contributed by atoms with Gasteiger partial charge in [-0.15, -0.1) is 0 Å². The predicted molar refractivity (Wildman–Crippen MR) is 116 cm³/mol. The predicted octanol–water partition coefficient (Wildman–Crippen LogP) is 2.85. The zero-order valence-electron chi connectivity index (χ0n) is 17.1. The van der Waals surface area contributed by atoms with Crippen molar-refractivity contribution in [2.75, 3.05) is 11.9 Å². The fourth-order valence-electron chi connectivity index (χ4n) is 3.81. The minimum atomic E-state index is -0.424. The number of pyridine rings is 2. The summed E-state index contributed by atoms with van der Waals surface area (Å²) in [6.45, 7) is 1.64. The number of nitrogens with zero attached hydrogens (tertiary/aromatic N) is 4. The Morgan fingerprint density at radius 2 is 2.19 bits per heavy atom. The van der Waals surface area contributed by atoms with Crippen LogP contribution in [0.2, 0.25) is 0 Å². The minimum absolute atomic E-state index is 0.00242. The van der Waals surface area contributed by atoms with Crippen molar-refractivity contribution in [2.24, 2.45) is 5.11 Å². The largest absolute Gasteiger partial charge is 0.383 e. The summed E-state index contributed by atoms with van der Waals surface area (Å²) < 4.78 is 2.04. The smallest absolute Gasteiger partial charge is 0.273 e. The maximum absolute atomic E-state index is 12.4. The average molecular weight is 416 g/mol. The van der Waals surface area contributed by atoms with Crippen molar-refractivity contribution in [3.63, 3.8) is 0 Å². The number of nitrogens with one attached hydrogen (secondary N) is 4. The highest BCUT2D eigenvalue weighted by Crippen LogP contribution is 2.39. The third-order valence-corrected chi connectivity index (χ3v) is 5.63. The summed E-state index contributed by atoms with van der Waals surface area (Å²) in [5.41, 5.74) is 13.5. The van der Waals surface area contributed by atoms with Gasteiger partial charge in [0.25, 0.3) is 5.91 Å². The Morgan fingerprint density at radius 1 is 1.29 bits per heavy atom. The van der Waals surface area contributed by atoms with E-state index in [1.165, 1.54) is 30.2 Å². The summed E-state index contributed by atoms with van der Waals surface area (Å²) in [5, 5.41) is 12.4. The lowest BCUT2D eigenvalue weighted by atomic mass is 10.2. The van der Waals surface area contributed by atoms with E-state index in [1.54, 1.807) is 6.20 Å². The Bertz CT molecular complexity index is 1180. The number of hydrogen-bond donors (Lipinski definition) is 4. The molecule has 0 unspecified atom stereocenters. The molecular formula is C22H24N8O. The number of rotatable bonds is 8. The maximum atomic E-state index is 12.4. The van der Waals surface area contributed by atoms with E-state index in [0.717, 1.165) is 35.7 Å². The van der Waals surface area contributed by atoms with Gasteiger partial charge in [0.05, 0.1) is 36.4 Å². The molecular weight excluding hydrogens is 392 g/mol. The van der Waals surface area contributed by atoms with E-state index in [2.05, 4.69) is 43.3 Å². The lowest BCUT2D eigenvalue weighted by Crippen LogP contribution is -2.25. The van der Waals surface area contributed by atoms with Crippen molar-refractivity contribution in [1.82, 2.24) is 25.0 Å². The van der Waals surface area contributed by atoms with E-state index in [-0.39, 0.29) is 12.2 Å². The molecule has 4 heterocycles. The highest BCUT2D eigenvalue weighted by atomic mass is 16.2. The van der Waals surface area contributed by atoms with Gasteiger partial charge in [-0.1, -0.05) is 6.07 Å². The monoisotopic (exact) mass is 416 g/mol. The van der Waals surface area contributed by atoms with E-state index in [0.29, 0.717) is 12.5 Å². The second kappa shape index (κ2) is 8.17. The Labute approximate surface area is 179 Å². The van der Waals surface area contributed by atoms with Crippen molar-refractivity contribution < 1.29 is 4.79 Å². The van der Waals surface area contributed by atoms with Gasteiger partial charge in [-0.3, -0.25) is 9.78 Å². The summed E-state index contributed by atoms with van der Waals surface area (Å²) in [7, 11) is 0. The normalized spacial score (nSPS) is 15.4. The zero-order chi connectivity index (χ0) is 21.2. The van der Waals surface area contributed by atoms with E-state index < -0.39 is 5.91 Å². The van der Waals surface area contributed by atoms with Crippen molar-refractivity contribution in [3.05, 3.63) is 71.2 Å². The van der Waals surface area contributed by atoms with Crippen LogP contribution < -0.4 is 16.0 Å². The quantitative estimate of drug-likeness (QED) is 0.332. The number of carbonyl (C=O) groups excluding carboxylic acids is 1. The Balaban J connectivity index is 1.17. The molecule has 158 valence electrons. The molecule has 31 heavy (non-hydrogen) atoms. The summed E-state index contributed by atoms with van der Waals surface area (Å²) >= 11 is 0. The molecule has 0 bridgehead atoms. The second-order valence-corrected chi connectivity index (χ2v) is 7.95. The summed E-state index contributed by atoms with van der Waals surface area (Å²) in [6.07, 6.45) is 10.8. The van der Waals surface area contributed by atoms with Crippen LogP contribution in [0.15, 0.2) is 53.8 Å². The number of anilines is 1. The first-order valence-electron chi connectivity index (χ1n) is 10.5. The Kier molecular flexibility index (Phi) is 5.07. The second-order valence-electron chi connectivity index (χ2n) is 7.95. The first-order valence-corrected chi connectivity index (χ1v) is 10.5. The number of fused-ring (bicyclic) bond motifs is 2. The molecule has 9 nitrogen and oxygen atoms in total. The molecule has 0 atom stereocenters. The average Bonchev–Trinajstić information content (AvgIpc) is 3.39.